The highest BCUT2D eigenvalue weighted by Crippen LogP contribution is 2.22. The molecule has 0 bridgehead atoms. The molecule has 2 nitrogen and oxygen atoms in total. The average Bonchev–Trinajstić information content (AvgIpc) is 2.38. The quantitative estimate of drug-likeness (QED) is 0.832. The van der Waals surface area contributed by atoms with Crippen LogP contribution in [0.15, 0.2) is 46.9 Å². The zero-order valence-electron chi connectivity index (χ0n) is 9.99. The highest BCUT2D eigenvalue weighted by Gasteiger charge is 2.07. The van der Waals surface area contributed by atoms with E-state index in [0.717, 1.165) is 15.7 Å². The Kier molecular flexibility index (Phi) is 4.50. The number of halogens is 2. The molecule has 0 heterocycles. The van der Waals surface area contributed by atoms with Crippen LogP contribution < -0.4 is 11.1 Å². The predicted octanol–water partition coefficient (Wildman–Crippen LogP) is 3.83. The molecule has 2 aromatic carbocycles. The zero-order valence-corrected chi connectivity index (χ0v) is 12.4. The molecule has 19 heavy (non-hydrogen) atoms. The molecule has 0 aliphatic carbocycles. The van der Waals surface area contributed by atoms with Crippen molar-refractivity contribution in [1.29, 1.82) is 0 Å². The van der Waals surface area contributed by atoms with Gasteiger partial charge in [-0.1, -0.05) is 46.3 Å². The summed E-state index contributed by atoms with van der Waals surface area (Å²) in [6.07, 6.45) is 0. The van der Waals surface area contributed by atoms with Crippen molar-refractivity contribution in [2.45, 2.75) is 6.54 Å². The first-order valence-corrected chi connectivity index (χ1v) is 6.84. The maximum atomic E-state index is 13.5. The maximum absolute atomic E-state index is 13.5. The van der Waals surface area contributed by atoms with Crippen LogP contribution >= 0.6 is 28.1 Å². The van der Waals surface area contributed by atoms with Crippen molar-refractivity contribution >= 4 is 38.8 Å². The number of rotatable bonds is 4. The van der Waals surface area contributed by atoms with Gasteiger partial charge >= 0.3 is 0 Å². The maximum Gasteiger partial charge on any atom is 0.128 e. The van der Waals surface area contributed by atoms with Crippen LogP contribution in [0.5, 0.6) is 0 Å². The Hall–Kier alpha value is -1.46. The summed E-state index contributed by atoms with van der Waals surface area (Å²) in [5.74, 6) is -0.232. The first kappa shape index (κ1) is 14.0. The van der Waals surface area contributed by atoms with Crippen molar-refractivity contribution in [2.75, 3.05) is 5.32 Å². The third-order valence-corrected chi connectivity index (χ3v) is 3.39. The highest BCUT2D eigenvalue weighted by atomic mass is 79.9. The zero-order chi connectivity index (χ0) is 13.8. The van der Waals surface area contributed by atoms with E-state index in [1.54, 1.807) is 18.2 Å². The fraction of sp³-hybridized carbons (Fsp3) is 0.0714. The van der Waals surface area contributed by atoms with Crippen LogP contribution in [-0.2, 0) is 6.54 Å². The lowest BCUT2D eigenvalue weighted by Gasteiger charge is -2.12. The Labute approximate surface area is 124 Å². The Morgan fingerprint density at radius 2 is 2.00 bits per heavy atom. The summed E-state index contributed by atoms with van der Waals surface area (Å²) in [6.45, 7) is 0.379. The summed E-state index contributed by atoms with van der Waals surface area (Å²) in [4.78, 5) is 0.303. The van der Waals surface area contributed by atoms with Gasteiger partial charge in [-0.05, 0) is 24.3 Å². The number of hydrogen-bond acceptors (Lipinski definition) is 2. The summed E-state index contributed by atoms with van der Waals surface area (Å²) in [6, 6.07) is 12.2. The van der Waals surface area contributed by atoms with E-state index in [-0.39, 0.29) is 5.82 Å². The van der Waals surface area contributed by atoms with Gasteiger partial charge in [0.2, 0.25) is 0 Å². The second-order valence-electron chi connectivity index (χ2n) is 4.00. The monoisotopic (exact) mass is 338 g/mol. The van der Waals surface area contributed by atoms with Crippen LogP contribution in [0.1, 0.15) is 11.1 Å². The summed E-state index contributed by atoms with van der Waals surface area (Å²) in [5.41, 5.74) is 7.80. The van der Waals surface area contributed by atoms with Crippen molar-refractivity contribution in [3.63, 3.8) is 0 Å². The van der Waals surface area contributed by atoms with Gasteiger partial charge in [-0.25, -0.2) is 4.39 Å². The van der Waals surface area contributed by atoms with Crippen LogP contribution in [0.2, 0.25) is 0 Å². The van der Waals surface area contributed by atoms with E-state index in [1.165, 1.54) is 6.07 Å². The molecule has 0 aromatic heterocycles. The molecule has 0 saturated carbocycles. The second kappa shape index (κ2) is 6.12. The van der Waals surface area contributed by atoms with E-state index in [1.807, 2.05) is 18.2 Å². The van der Waals surface area contributed by atoms with E-state index >= 15 is 0 Å². The van der Waals surface area contributed by atoms with Crippen LogP contribution in [0.25, 0.3) is 0 Å². The van der Waals surface area contributed by atoms with Gasteiger partial charge in [0.15, 0.2) is 0 Å². The largest absolute Gasteiger partial charge is 0.389 e. The summed E-state index contributed by atoms with van der Waals surface area (Å²) >= 11 is 8.38. The Balaban J connectivity index is 2.20. The van der Waals surface area contributed by atoms with Crippen LogP contribution in [0.4, 0.5) is 10.1 Å². The minimum Gasteiger partial charge on any atom is -0.389 e. The first-order chi connectivity index (χ1) is 9.08. The molecule has 0 spiro atoms. The normalized spacial score (nSPS) is 10.2. The predicted molar refractivity (Wildman–Crippen MR) is 83.8 cm³/mol. The number of anilines is 1. The standard InChI is InChI=1S/C14H12BrFN2S/c15-10-5-6-13(11(7-10)14(17)19)18-8-9-3-1-2-4-12(9)16/h1-7,18H,8H2,(H2,17,19). The van der Waals surface area contributed by atoms with Crippen molar-refractivity contribution in [3.05, 3.63) is 63.9 Å². The van der Waals surface area contributed by atoms with Gasteiger partial charge in [0, 0.05) is 27.8 Å². The van der Waals surface area contributed by atoms with Crippen LogP contribution in [-0.4, -0.2) is 4.99 Å². The summed E-state index contributed by atoms with van der Waals surface area (Å²) < 4.78 is 14.4. The molecule has 2 aromatic rings. The molecule has 0 atom stereocenters. The smallest absolute Gasteiger partial charge is 0.128 e. The van der Waals surface area contributed by atoms with Gasteiger partial charge in [-0.15, -0.1) is 0 Å². The Bertz CT molecular complexity index is 616. The average molecular weight is 339 g/mol. The van der Waals surface area contributed by atoms with E-state index in [9.17, 15) is 4.39 Å². The second-order valence-corrected chi connectivity index (χ2v) is 5.35. The van der Waals surface area contributed by atoms with Crippen molar-refractivity contribution in [2.24, 2.45) is 5.73 Å². The van der Waals surface area contributed by atoms with Gasteiger partial charge < -0.3 is 11.1 Å². The highest BCUT2D eigenvalue weighted by molar-refractivity contribution is 9.10. The molecule has 0 amide bonds. The molecular formula is C14H12BrFN2S. The van der Waals surface area contributed by atoms with Crippen molar-refractivity contribution in [1.82, 2.24) is 0 Å². The van der Waals surface area contributed by atoms with E-state index in [0.29, 0.717) is 17.1 Å². The van der Waals surface area contributed by atoms with Crippen molar-refractivity contribution < 1.29 is 4.39 Å². The SMILES string of the molecule is NC(=S)c1cc(Br)ccc1NCc1ccccc1F. The van der Waals surface area contributed by atoms with Gasteiger partial charge in [-0.2, -0.15) is 0 Å². The molecule has 0 aliphatic rings. The van der Waals surface area contributed by atoms with E-state index in [2.05, 4.69) is 21.2 Å². The first-order valence-electron chi connectivity index (χ1n) is 5.64. The minimum absolute atomic E-state index is 0.232. The van der Waals surface area contributed by atoms with E-state index in [4.69, 9.17) is 18.0 Å². The molecule has 0 saturated heterocycles. The topological polar surface area (TPSA) is 38.0 Å². The number of nitrogens with one attached hydrogen (secondary N) is 1. The third-order valence-electron chi connectivity index (χ3n) is 2.67. The van der Waals surface area contributed by atoms with Gasteiger partial charge in [0.25, 0.3) is 0 Å². The number of nitrogens with two attached hydrogens (primary N) is 1. The molecule has 0 radical (unpaired) electrons. The molecule has 5 heteroatoms. The van der Waals surface area contributed by atoms with E-state index < -0.39 is 0 Å². The lowest BCUT2D eigenvalue weighted by molar-refractivity contribution is 0.613. The Morgan fingerprint density at radius 3 is 2.68 bits per heavy atom. The summed E-state index contributed by atoms with van der Waals surface area (Å²) in [7, 11) is 0. The van der Waals surface area contributed by atoms with Gasteiger partial charge in [0.1, 0.15) is 10.8 Å². The summed E-state index contributed by atoms with van der Waals surface area (Å²) in [5, 5.41) is 3.15. The lowest BCUT2D eigenvalue weighted by Crippen LogP contribution is -2.13. The molecule has 0 aliphatic heterocycles. The number of benzene rings is 2. The number of hydrogen-bond donors (Lipinski definition) is 2. The fourth-order valence-corrected chi connectivity index (χ4v) is 2.24. The Morgan fingerprint density at radius 1 is 1.26 bits per heavy atom. The molecule has 3 N–H and O–H groups in total. The lowest BCUT2D eigenvalue weighted by atomic mass is 10.1. The molecule has 2 rings (SSSR count). The van der Waals surface area contributed by atoms with Crippen LogP contribution in [0.3, 0.4) is 0 Å². The molecular weight excluding hydrogens is 327 g/mol. The van der Waals surface area contributed by atoms with Gasteiger partial charge in [0.05, 0.1) is 0 Å². The molecule has 0 fully saturated rings. The molecule has 98 valence electrons. The van der Waals surface area contributed by atoms with Crippen LogP contribution in [0, 0.1) is 5.82 Å². The third kappa shape index (κ3) is 3.52. The number of thiocarbonyl (C=S) groups is 1. The minimum atomic E-state index is -0.232. The molecule has 0 unspecified atom stereocenters. The van der Waals surface area contributed by atoms with Crippen molar-refractivity contribution in [3.8, 4) is 0 Å². The van der Waals surface area contributed by atoms with Gasteiger partial charge in [-0.3, -0.25) is 0 Å². The fourth-order valence-electron chi connectivity index (χ4n) is 1.71.